The second-order valence-electron chi connectivity index (χ2n) is 10.3. The number of para-hydroxylation sites is 1. The number of carbonyl (C=O) groups excluding carboxylic acids is 3. The number of benzene rings is 1. The zero-order valence-electron chi connectivity index (χ0n) is 23.9. The zero-order valence-corrected chi connectivity index (χ0v) is 23.9. The maximum absolute atomic E-state index is 13.3. The van der Waals surface area contributed by atoms with Crippen molar-refractivity contribution >= 4 is 17.8 Å². The number of aromatic nitrogens is 1. The fourth-order valence-corrected chi connectivity index (χ4v) is 4.71. The maximum Gasteiger partial charge on any atom is 0.329 e. The van der Waals surface area contributed by atoms with E-state index in [1.165, 1.54) is 26.3 Å². The molecule has 1 aromatic heterocycles. The Balaban J connectivity index is 1.79. The Kier molecular flexibility index (Phi) is 11.6. The van der Waals surface area contributed by atoms with Crippen molar-refractivity contribution in [2.24, 2.45) is 11.8 Å². The van der Waals surface area contributed by atoms with Crippen molar-refractivity contribution in [3.63, 3.8) is 0 Å². The van der Waals surface area contributed by atoms with Gasteiger partial charge in [-0.3, -0.25) is 9.59 Å². The topological polar surface area (TPSA) is 122 Å². The van der Waals surface area contributed by atoms with Gasteiger partial charge in [0.2, 0.25) is 6.79 Å². The molecule has 3 rings (SSSR count). The van der Waals surface area contributed by atoms with Crippen LogP contribution in [0, 0.1) is 11.8 Å². The van der Waals surface area contributed by atoms with Gasteiger partial charge in [0.05, 0.1) is 7.11 Å². The van der Waals surface area contributed by atoms with E-state index in [2.05, 4.69) is 24.1 Å². The van der Waals surface area contributed by atoms with Crippen molar-refractivity contribution in [2.75, 3.05) is 13.9 Å². The molecule has 4 atom stereocenters. The van der Waals surface area contributed by atoms with Crippen LogP contribution in [0.5, 0.6) is 17.2 Å². The fraction of sp³-hybridized carbons (Fsp3) is 0.533. The molecule has 10 heteroatoms. The molecule has 1 N–H and O–H groups in total. The molecular weight excluding hydrogens is 516 g/mol. The Labute approximate surface area is 235 Å². The molecule has 1 amide bonds. The number of nitrogens with one attached hydrogen (secondary N) is 1. The molecule has 1 saturated heterocycles. The molecule has 0 saturated carbocycles. The molecule has 0 aliphatic carbocycles. The summed E-state index contributed by atoms with van der Waals surface area (Å²) in [5.41, 5.74) is -0.104. The lowest BCUT2D eigenvalue weighted by atomic mass is 9.86. The third-order valence-corrected chi connectivity index (χ3v) is 6.79. The van der Waals surface area contributed by atoms with Gasteiger partial charge in [0, 0.05) is 19.2 Å². The van der Waals surface area contributed by atoms with Crippen LogP contribution in [0.2, 0.25) is 0 Å². The van der Waals surface area contributed by atoms with E-state index in [0.717, 1.165) is 25.0 Å². The zero-order chi connectivity index (χ0) is 29.1. The molecule has 1 aliphatic rings. The monoisotopic (exact) mass is 556 g/mol. The van der Waals surface area contributed by atoms with Crippen molar-refractivity contribution in [2.45, 2.75) is 78.0 Å². The minimum Gasteiger partial charge on any atom is -0.493 e. The van der Waals surface area contributed by atoms with E-state index in [9.17, 15) is 14.4 Å². The van der Waals surface area contributed by atoms with Crippen LogP contribution >= 0.6 is 0 Å². The number of esters is 2. The number of hydrogen-bond donors (Lipinski definition) is 1. The van der Waals surface area contributed by atoms with Gasteiger partial charge >= 0.3 is 11.9 Å². The van der Waals surface area contributed by atoms with Gasteiger partial charge in [-0.2, -0.15) is 0 Å². The highest BCUT2D eigenvalue weighted by Gasteiger charge is 2.36. The van der Waals surface area contributed by atoms with Gasteiger partial charge in [0.15, 0.2) is 17.2 Å². The average Bonchev–Trinajstić information content (AvgIpc) is 2.97. The first-order valence-electron chi connectivity index (χ1n) is 13.7. The highest BCUT2D eigenvalue weighted by Crippen LogP contribution is 2.32. The first-order valence-corrected chi connectivity index (χ1v) is 13.7. The SMILES string of the molecule is COc1ccnc(C(=O)N[C@H]2CCC[C@H](CCC(C)C)[C@@H](Oc3ccccc3)[C@H](C)OC2=O)c1OCOC(C)=O. The van der Waals surface area contributed by atoms with Crippen LogP contribution in [0.15, 0.2) is 42.6 Å². The van der Waals surface area contributed by atoms with Crippen LogP contribution < -0.4 is 19.5 Å². The van der Waals surface area contributed by atoms with E-state index in [4.69, 9.17) is 23.7 Å². The Bertz CT molecular complexity index is 1120. The van der Waals surface area contributed by atoms with Crippen LogP contribution in [0.25, 0.3) is 0 Å². The summed E-state index contributed by atoms with van der Waals surface area (Å²) < 4.78 is 27.9. The van der Waals surface area contributed by atoms with Crippen molar-refractivity contribution < 1.29 is 38.1 Å². The minimum atomic E-state index is -0.898. The molecule has 0 radical (unpaired) electrons. The smallest absolute Gasteiger partial charge is 0.329 e. The summed E-state index contributed by atoms with van der Waals surface area (Å²) in [5, 5.41) is 2.76. The van der Waals surface area contributed by atoms with E-state index in [0.29, 0.717) is 18.8 Å². The van der Waals surface area contributed by atoms with Crippen LogP contribution in [-0.4, -0.2) is 55.0 Å². The maximum atomic E-state index is 13.3. The first-order chi connectivity index (χ1) is 19.2. The van der Waals surface area contributed by atoms with E-state index in [-0.39, 0.29) is 29.2 Å². The van der Waals surface area contributed by atoms with Crippen LogP contribution in [0.4, 0.5) is 0 Å². The molecule has 0 bridgehead atoms. The quantitative estimate of drug-likeness (QED) is 0.310. The second-order valence-corrected chi connectivity index (χ2v) is 10.3. The standard InChI is InChI=1S/C30H40N2O8/c1-19(2)14-15-22-10-9-13-24(30(35)39-20(3)27(22)40-23-11-7-6-8-12-23)32-29(34)26-28(38-18-37-21(4)33)25(36-5)16-17-31-26/h6-8,11-12,16-17,19-20,22,24,27H,9-10,13-15,18H2,1-5H3,(H,32,34)/t20-,22+,24-,27-/m0/s1. The lowest BCUT2D eigenvalue weighted by molar-refractivity contribution is -0.156. The number of carbonyl (C=O) groups is 3. The Morgan fingerprint density at radius 2 is 1.90 bits per heavy atom. The third-order valence-electron chi connectivity index (χ3n) is 6.79. The van der Waals surface area contributed by atoms with Gasteiger partial charge in [0.1, 0.15) is 24.0 Å². The molecule has 40 heavy (non-hydrogen) atoms. The van der Waals surface area contributed by atoms with Crippen molar-refractivity contribution in [3.8, 4) is 17.2 Å². The van der Waals surface area contributed by atoms with Gasteiger partial charge in [-0.25, -0.2) is 9.78 Å². The predicted octanol–water partition coefficient (Wildman–Crippen LogP) is 4.70. The summed E-state index contributed by atoms with van der Waals surface area (Å²) in [6.45, 7) is 7.02. The molecule has 2 heterocycles. The Morgan fingerprint density at radius 1 is 1.15 bits per heavy atom. The van der Waals surface area contributed by atoms with Crippen LogP contribution in [-0.2, 0) is 19.1 Å². The van der Waals surface area contributed by atoms with Crippen molar-refractivity contribution in [1.82, 2.24) is 10.3 Å². The molecular formula is C30H40N2O8. The molecule has 1 fully saturated rings. The van der Waals surface area contributed by atoms with E-state index in [1.807, 2.05) is 37.3 Å². The predicted molar refractivity (Wildman–Crippen MR) is 147 cm³/mol. The van der Waals surface area contributed by atoms with Gasteiger partial charge in [-0.15, -0.1) is 0 Å². The van der Waals surface area contributed by atoms with Crippen molar-refractivity contribution in [1.29, 1.82) is 0 Å². The highest BCUT2D eigenvalue weighted by atomic mass is 16.7. The number of cyclic esters (lactones) is 1. The molecule has 0 unspecified atom stereocenters. The van der Waals surface area contributed by atoms with Crippen molar-refractivity contribution in [3.05, 3.63) is 48.3 Å². The normalized spacial score (nSPS) is 21.3. The number of nitrogens with zero attached hydrogens (tertiary/aromatic N) is 1. The number of rotatable bonds is 11. The first kappa shape index (κ1) is 30.7. The number of ether oxygens (including phenoxy) is 5. The van der Waals surface area contributed by atoms with E-state index < -0.39 is 36.8 Å². The summed E-state index contributed by atoms with van der Waals surface area (Å²) >= 11 is 0. The van der Waals surface area contributed by atoms with E-state index >= 15 is 0 Å². The molecule has 1 aromatic carbocycles. The van der Waals surface area contributed by atoms with Gasteiger partial charge < -0.3 is 29.0 Å². The summed E-state index contributed by atoms with van der Waals surface area (Å²) in [6.07, 6.45) is 4.36. The minimum absolute atomic E-state index is 0.00127. The third kappa shape index (κ3) is 8.86. The molecule has 218 valence electrons. The number of hydrogen-bond acceptors (Lipinski definition) is 9. The molecule has 1 aliphatic heterocycles. The summed E-state index contributed by atoms with van der Waals surface area (Å²) in [4.78, 5) is 41.9. The number of pyridine rings is 1. The Hall–Kier alpha value is -3.82. The summed E-state index contributed by atoms with van der Waals surface area (Å²) in [5.74, 6) is -0.0810. The van der Waals surface area contributed by atoms with Gasteiger partial charge in [-0.1, -0.05) is 44.9 Å². The van der Waals surface area contributed by atoms with Crippen LogP contribution in [0.1, 0.15) is 70.3 Å². The average molecular weight is 557 g/mol. The molecule has 0 spiro atoms. The Morgan fingerprint density at radius 3 is 2.58 bits per heavy atom. The largest absolute Gasteiger partial charge is 0.493 e. The van der Waals surface area contributed by atoms with Crippen LogP contribution in [0.3, 0.4) is 0 Å². The van der Waals surface area contributed by atoms with E-state index in [1.54, 1.807) is 0 Å². The fourth-order valence-electron chi connectivity index (χ4n) is 4.71. The lowest BCUT2D eigenvalue weighted by Crippen LogP contribution is -2.45. The summed E-state index contributed by atoms with van der Waals surface area (Å²) in [7, 11) is 1.41. The highest BCUT2D eigenvalue weighted by molar-refractivity contribution is 5.98. The summed E-state index contributed by atoms with van der Waals surface area (Å²) in [6, 6.07) is 10.1. The number of methoxy groups -OCH3 is 1. The second kappa shape index (κ2) is 15.1. The lowest BCUT2D eigenvalue weighted by Gasteiger charge is -2.32. The molecule has 2 aromatic rings. The van der Waals surface area contributed by atoms with Gasteiger partial charge in [-0.05, 0) is 50.2 Å². The number of amides is 1. The molecule has 10 nitrogen and oxygen atoms in total. The van der Waals surface area contributed by atoms with Gasteiger partial charge in [0.25, 0.3) is 5.91 Å².